The van der Waals surface area contributed by atoms with Crippen LogP contribution in [-0.4, -0.2) is 23.6 Å². The Hall–Kier alpha value is -1.06. The molecule has 4 nitrogen and oxygen atoms in total. The first-order valence-corrected chi connectivity index (χ1v) is 9.01. The average molecular weight is 322 g/mol. The molecule has 0 radical (unpaired) electrons. The van der Waals surface area contributed by atoms with Gasteiger partial charge in [0.05, 0.1) is 0 Å². The van der Waals surface area contributed by atoms with Crippen molar-refractivity contribution in [2.45, 2.75) is 84.8 Å². The number of hydrogen-bond donors (Lipinski definition) is 0. The number of fused-ring (bicyclic) bond motifs is 2. The molecule has 3 rings (SSSR count). The second-order valence-electron chi connectivity index (χ2n) is 8.89. The van der Waals surface area contributed by atoms with Crippen LogP contribution in [0.2, 0.25) is 0 Å². The standard InChI is InChI=1S/C19H30O4/c1-12-11-14(22-13(2)20)16-17(3,4)8-6-9-18(16,5)19(12)10-7-15(21)23-19/h12,14,16H,6-11H2,1-5H3. The normalized spacial score (nSPS) is 45.4. The van der Waals surface area contributed by atoms with Gasteiger partial charge in [-0.1, -0.05) is 34.1 Å². The largest absolute Gasteiger partial charge is 0.462 e. The molecule has 0 N–H and O–H groups in total. The maximum absolute atomic E-state index is 12.0. The second kappa shape index (κ2) is 5.22. The lowest BCUT2D eigenvalue weighted by atomic mass is 9.43. The highest BCUT2D eigenvalue weighted by atomic mass is 16.6. The molecule has 4 heteroatoms. The molecule has 1 aliphatic heterocycles. The first-order chi connectivity index (χ1) is 10.6. The van der Waals surface area contributed by atoms with Gasteiger partial charge < -0.3 is 9.47 Å². The molecule has 5 atom stereocenters. The number of ether oxygens (including phenoxy) is 2. The minimum absolute atomic E-state index is 0.0638. The van der Waals surface area contributed by atoms with Crippen molar-refractivity contribution in [3.05, 3.63) is 0 Å². The van der Waals surface area contributed by atoms with Gasteiger partial charge in [0.1, 0.15) is 11.7 Å². The number of esters is 2. The molecular weight excluding hydrogens is 292 g/mol. The maximum atomic E-state index is 12.0. The molecule has 0 bridgehead atoms. The molecule has 130 valence electrons. The Morgan fingerprint density at radius 2 is 1.91 bits per heavy atom. The fourth-order valence-corrected chi connectivity index (χ4v) is 6.38. The summed E-state index contributed by atoms with van der Waals surface area (Å²) in [4.78, 5) is 23.7. The minimum Gasteiger partial charge on any atom is -0.462 e. The van der Waals surface area contributed by atoms with Gasteiger partial charge in [-0.05, 0) is 31.1 Å². The summed E-state index contributed by atoms with van der Waals surface area (Å²) in [5.74, 6) is 0.180. The lowest BCUT2D eigenvalue weighted by molar-refractivity contribution is -0.247. The molecule has 1 saturated heterocycles. The summed E-state index contributed by atoms with van der Waals surface area (Å²) in [5.41, 5.74) is -0.433. The molecular formula is C19H30O4. The van der Waals surface area contributed by atoms with Crippen LogP contribution in [0.4, 0.5) is 0 Å². The zero-order chi connectivity index (χ0) is 17.0. The van der Waals surface area contributed by atoms with Crippen molar-refractivity contribution in [2.24, 2.45) is 22.7 Å². The minimum atomic E-state index is -0.386. The van der Waals surface area contributed by atoms with E-state index in [9.17, 15) is 9.59 Å². The summed E-state index contributed by atoms with van der Waals surface area (Å²) < 4.78 is 11.8. The van der Waals surface area contributed by atoms with Gasteiger partial charge in [0.25, 0.3) is 0 Å². The topological polar surface area (TPSA) is 52.6 Å². The smallest absolute Gasteiger partial charge is 0.306 e. The molecule has 3 aliphatic rings. The van der Waals surface area contributed by atoms with E-state index in [0.717, 1.165) is 32.1 Å². The molecule has 0 aromatic rings. The highest BCUT2D eigenvalue weighted by Gasteiger charge is 2.68. The average Bonchev–Trinajstić information content (AvgIpc) is 2.79. The number of hydrogen-bond acceptors (Lipinski definition) is 4. The molecule has 2 aliphatic carbocycles. The number of carbonyl (C=O) groups is 2. The van der Waals surface area contributed by atoms with Gasteiger partial charge in [0.15, 0.2) is 0 Å². The highest BCUT2D eigenvalue weighted by molar-refractivity contribution is 5.72. The van der Waals surface area contributed by atoms with Crippen molar-refractivity contribution < 1.29 is 19.1 Å². The summed E-state index contributed by atoms with van der Waals surface area (Å²) in [7, 11) is 0. The zero-order valence-corrected chi connectivity index (χ0v) is 15.1. The predicted molar refractivity (Wildman–Crippen MR) is 86.6 cm³/mol. The van der Waals surface area contributed by atoms with Crippen LogP contribution in [-0.2, 0) is 19.1 Å². The Morgan fingerprint density at radius 3 is 2.48 bits per heavy atom. The van der Waals surface area contributed by atoms with Gasteiger partial charge in [-0.25, -0.2) is 0 Å². The van der Waals surface area contributed by atoms with E-state index in [1.807, 2.05) is 0 Å². The number of rotatable bonds is 1. The van der Waals surface area contributed by atoms with E-state index in [-0.39, 0.29) is 46.3 Å². The van der Waals surface area contributed by atoms with Crippen LogP contribution in [0.15, 0.2) is 0 Å². The third-order valence-corrected chi connectivity index (χ3v) is 7.08. The third-order valence-electron chi connectivity index (χ3n) is 7.08. The van der Waals surface area contributed by atoms with E-state index in [2.05, 4.69) is 27.7 Å². The zero-order valence-electron chi connectivity index (χ0n) is 15.1. The molecule has 3 fully saturated rings. The van der Waals surface area contributed by atoms with Crippen LogP contribution in [0.5, 0.6) is 0 Å². The molecule has 2 saturated carbocycles. The summed E-state index contributed by atoms with van der Waals surface area (Å²) in [6.07, 6.45) is 5.34. The number of carbonyl (C=O) groups excluding carboxylic acids is 2. The van der Waals surface area contributed by atoms with Crippen molar-refractivity contribution in [1.82, 2.24) is 0 Å². The highest BCUT2D eigenvalue weighted by Crippen LogP contribution is 2.66. The van der Waals surface area contributed by atoms with E-state index in [1.54, 1.807) is 0 Å². The summed E-state index contributed by atoms with van der Waals surface area (Å²) in [6.45, 7) is 10.5. The Morgan fingerprint density at radius 1 is 1.22 bits per heavy atom. The molecule has 1 spiro atoms. The van der Waals surface area contributed by atoms with Gasteiger partial charge in [0.2, 0.25) is 0 Å². The van der Waals surface area contributed by atoms with Gasteiger partial charge in [-0.3, -0.25) is 9.59 Å². The Bertz CT molecular complexity index is 525. The van der Waals surface area contributed by atoms with Crippen molar-refractivity contribution >= 4 is 11.9 Å². The van der Waals surface area contributed by atoms with Crippen molar-refractivity contribution in [2.75, 3.05) is 0 Å². The van der Waals surface area contributed by atoms with Crippen LogP contribution in [0.3, 0.4) is 0 Å². The second-order valence-corrected chi connectivity index (χ2v) is 8.89. The quantitative estimate of drug-likeness (QED) is 0.688. The summed E-state index contributed by atoms with van der Waals surface area (Å²) >= 11 is 0. The Balaban J connectivity index is 2.07. The van der Waals surface area contributed by atoms with Crippen LogP contribution in [0.25, 0.3) is 0 Å². The van der Waals surface area contributed by atoms with Crippen LogP contribution in [0.1, 0.15) is 73.1 Å². The lowest BCUT2D eigenvalue weighted by Crippen LogP contribution is -2.66. The molecule has 23 heavy (non-hydrogen) atoms. The fourth-order valence-electron chi connectivity index (χ4n) is 6.38. The van der Waals surface area contributed by atoms with E-state index >= 15 is 0 Å². The first kappa shape index (κ1) is 16.8. The SMILES string of the molecule is CC(=O)OC1CC(C)C2(CCC(=O)O2)C2(C)CCCC(C)(C)C12. The van der Waals surface area contributed by atoms with Crippen molar-refractivity contribution in [3.8, 4) is 0 Å². The van der Waals surface area contributed by atoms with Crippen LogP contribution < -0.4 is 0 Å². The van der Waals surface area contributed by atoms with Gasteiger partial charge in [-0.15, -0.1) is 0 Å². The maximum Gasteiger partial charge on any atom is 0.306 e. The lowest BCUT2D eigenvalue weighted by Gasteiger charge is -2.64. The van der Waals surface area contributed by atoms with E-state index < -0.39 is 0 Å². The first-order valence-electron chi connectivity index (χ1n) is 9.01. The molecule has 5 unspecified atom stereocenters. The molecule has 0 aromatic carbocycles. The van der Waals surface area contributed by atoms with Gasteiger partial charge in [0, 0.05) is 30.6 Å². The molecule has 0 amide bonds. The fraction of sp³-hybridized carbons (Fsp3) is 0.895. The predicted octanol–water partition coefficient (Wildman–Crippen LogP) is 3.87. The summed E-state index contributed by atoms with van der Waals surface area (Å²) in [6, 6.07) is 0. The van der Waals surface area contributed by atoms with Crippen LogP contribution >= 0.6 is 0 Å². The Kier molecular flexibility index (Phi) is 3.81. The van der Waals surface area contributed by atoms with E-state index in [1.165, 1.54) is 6.92 Å². The Labute approximate surface area is 139 Å². The molecule has 0 aromatic heterocycles. The van der Waals surface area contributed by atoms with Gasteiger partial charge in [-0.2, -0.15) is 0 Å². The van der Waals surface area contributed by atoms with Crippen LogP contribution in [0, 0.1) is 22.7 Å². The summed E-state index contributed by atoms with van der Waals surface area (Å²) in [5, 5.41) is 0. The van der Waals surface area contributed by atoms with Crippen molar-refractivity contribution in [1.29, 1.82) is 0 Å². The molecule has 1 heterocycles. The van der Waals surface area contributed by atoms with E-state index in [0.29, 0.717) is 6.42 Å². The van der Waals surface area contributed by atoms with Gasteiger partial charge >= 0.3 is 11.9 Å². The third kappa shape index (κ3) is 2.32. The monoisotopic (exact) mass is 322 g/mol. The van der Waals surface area contributed by atoms with Crippen molar-refractivity contribution in [3.63, 3.8) is 0 Å². The van der Waals surface area contributed by atoms with E-state index in [4.69, 9.17) is 9.47 Å².